The van der Waals surface area contributed by atoms with E-state index >= 15 is 0 Å². The molecule has 0 saturated carbocycles. The molecule has 0 atom stereocenters. The Balaban J connectivity index is 0.00000625. The first-order valence-corrected chi connectivity index (χ1v) is 10.2. The maximum absolute atomic E-state index is 12.6. The molecule has 0 saturated heterocycles. The van der Waals surface area contributed by atoms with Crippen LogP contribution < -0.4 is 15.4 Å². The molecule has 0 aliphatic heterocycles. The van der Waals surface area contributed by atoms with Crippen LogP contribution in [-0.4, -0.2) is 33.5 Å². The standard InChI is InChI=1S/C18H32N4O2S.HI/c1-6-7-10-13-20-17(19-5)21-14-15-11-8-9-12-16(15)25(23,24)22-18(2,3)4;/h8-9,11-12,22H,6-7,10,13-14H2,1-5H3,(H2,19,20,21);1H. The van der Waals surface area contributed by atoms with Crippen LogP contribution in [0.1, 0.15) is 52.5 Å². The summed E-state index contributed by atoms with van der Waals surface area (Å²) in [6, 6.07) is 7.01. The topological polar surface area (TPSA) is 82.6 Å². The number of aliphatic imine (C=N–C) groups is 1. The van der Waals surface area contributed by atoms with Gasteiger partial charge in [-0.15, -0.1) is 24.0 Å². The van der Waals surface area contributed by atoms with E-state index < -0.39 is 15.6 Å². The molecule has 1 aromatic rings. The van der Waals surface area contributed by atoms with Gasteiger partial charge < -0.3 is 10.6 Å². The Bertz CT molecular complexity index is 670. The Labute approximate surface area is 175 Å². The lowest BCUT2D eigenvalue weighted by Gasteiger charge is -2.22. The van der Waals surface area contributed by atoms with E-state index in [0.717, 1.165) is 13.0 Å². The van der Waals surface area contributed by atoms with Crippen molar-refractivity contribution in [2.24, 2.45) is 4.99 Å². The SMILES string of the molecule is CCCCCNC(=NC)NCc1ccccc1S(=O)(=O)NC(C)(C)C.I. The fraction of sp³-hybridized carbons (Fsp3) is 0.611. The molecule has 0 radical (unpaired) electrons. The highest BCUT2D eigenvalue weighted by Gasteiger charge is 2.24. The first-order chi connectivity index (χ1) is 11.7. The molecule has 0 amide bonds. The number of rotatable bonds is 8. The van der Waals surface area contributed by atoms with Crippen LogP contribution >= 0.6 is 24.0 Å². The number of sulfonamides is 1. The maximum atomic E-state index is 12.6. The van der Waals surface area contributed by atoms with E-state index in [2.05, 4.69) is 27.3 Å². The normalized spacial score (nSPS) is 12.4. The number of benzene rings is 1. The zero-order valence-corrected chi connectivity index (χ0v) is 19.6. The minimum atomic E-state index is -3.58. The van der Waals surface area contributed by atoms with Gasteiger partial charge in [-0.3, -0.25) is 4.99 Å². The Hall–Kier alpha value is -0.870. The Morgan fingerprint density at radius 2 is 1.77 bits per heavy atom. The summed E-state index contributed by atoms with van der Waals surface area (Å²) in [6.45, 7) is 8.87. The van der Waals surface area contributed by atoms with Gasteiger partial charge in [-0.1, -0.05) is 38.0 Å². The monoisotopic (exact) mass is 496 g/mol. The smallest absolute Gasteiger partial charge is 0.241 e. The van der Waals surface area contributed by atoms with Gasteiger partial charge >= 0.3 is 0 Å². The fourth-order valence-corrected chi connectivity index (χ4v) is 4.01. The highest BCUT2D eigenvalue weighted by molar-refractivity contribution is 14.0. The summed E-state index contributed by atoms with van der Waals surface area (Å²) in [5.41, 5.74) is 0.173. The highest BCUT2D eigenvalue weighted by atomic mass is 127. The molecule has 0 aromatic heterocycles. The van der Waals surface area contributed by atoms with E-state index in [1.807, 2.05) is 32.9 Å². The van der Waals surface area contributed by atoms with Crippen molar-refractivity contribution < 1.29 is 8.42 Å². The van der Waals surface area contributed by atoms with Gasteiger partial charge in [0.25, 0.3) is 0 Å². The summed E-state index contributed by atoms with van der Waals surface area (Å²) >= 11 is 0. The number of hydrogen-bond acceptors (Lipinski definition) is 3. The molecule has 1 rings (SSSR count). The molecule has 150 valence electrons. The van der Waals surface area contributed by atoms with E-state index in [1.54, 1.807) is 19.2 Å². The van der Waals surface area contributed by atoms with Gasteiger partial charge in [0, 0.05) is 25.7 Å². The largest absolute Gasteiger partial charge is 0.356 e. The minimum Gasteiger partial charge on any atom is -0.356 e. The van der Waals surface area contributed by atoms with Gasteiger partial charge in [-0.05, 0) is 38.8 Å². The Morgan fingerprint density at radius 3 is 2.35 bits per heavy atom. The molecule has 0 heterocycles. The van der Waals surface area contributed by atoms with Crippen LogP contribution in [0.5, 0.6) is 0 Å². The van der Waals surface area contributed by atoms with Crippen LogP contribution in [0.25, 0.3) is 0 Å². The third-order valence-electron chi connectivity index (χ3n) is 3.45. The second-order valence-corrected chi connectivity index (χ2v) is 8.67. The molecular formula is C18H33IN4O2S. The van der Waals surface area contributed by atoms with Gasteiger partial charge in [0.2, 0.25) is 10.0 Å². The maximum Gasteiger partial charge on any atom is 0.241 e. The fourth-order valence-electron chi connectivity index (χ4n) is 2.35. The first-order valence-electron chi connectivity index (χ1n) is 8.76. The lowest BCUT2D eigenvalue weighted by atomic mass is 10.1. The van der Waals surface area contributed by atoms with E-state index in [4.69, 9.17) is 0 Å². The lowest BCUT2D eigenvalue weighted by molar-refractivity contribution is 0.491. The van der Waals surface area contributed by atoms with Crippen LogP contribution in [0.3, 0.4) is 0 Å². The Kier molecular flexibility index (Phi) is 11.4. The second-order valence-electron chi connectivity index (χ2n) is 7.02. The summed E-state index contributed by atoms with van der Waals surface area (Å²) in [4.78, 5) is 4.47. The third-order valence-corrected chi connectivity index (χ3v) is 5.30. The molecule has 0 bridgehead atoms. The van der Waals surface area contributed by atoms with E-state index in [1.165, 1.54) is 12.8 Å². The van der Waals surface area contributed by atoms with Gasteiger partial charge in [0.15, 0.2) is 5.96 Å². The van der Waals surface area contributed by atoms with Crippen molar-refractivity contribution in [1.29, 1.82) is 0 Å². The lowest BCUT2D eigenvalue weighted by Crippen LogP contribution is -2.41. The molecule has 1 aromatic carbocycles. The van der Waals surface area contributed by atoms with E-state index in [-0.39, 0.29) is 24.0 Å². The summed E-state index contributed by atoms with van der Waals surface area (Å²) in [6.07, 6.45) is 3.42. The summed E-state index contributed by atoms with van der Waals surface area (Å²) in [7, 11) is -1.87. The summed E-state index contributed by atoms with van der Waals surface area (Å²) < 4.78 is 28.0. The molecule has 0 aliphatic carbocycles. The number of hydrogen-bond donors (Lipinski definition) is 3. The van der Waals surface area contributed by atoms with Crippen molar-refractivity contribution in [1.82, 2.24) is 15.4 Å². The zero-order chi connectivity index (χ0) is 18.9. The predicted molar refractivity (Wildman–Crippen MR) is 120 cm³/mol. The van der Waals surface area contributed by atoms with Crippen molar-refractivity contribution >= 4 is 40.0 Å². The van der Waals surface area contributed by atoms with Gasteiger partial charge in [0.05, 0.1) is 4.90 Å². The van der Waals surface area contributed by atoms with Crippen molar-refractivity contribution in [2.45, 2.75) is 63.9 Å². The van der Waals surface area contributed by atoms with Crippen LogP contribution in [0.15, 0.2) is 34.2 Å². The number of guanidine groups is 1. The number of halogens is 1. The molecule has 26 heavy (non-hydrogen) atoms. The van der Waals surface area contributed by atoms with Gasteiger partial charge in [-0.2, -0.15) is 0 Å². The summed E-state index contributed by atoms with van der Waals surface area (Å²) in [5, 5.41) is 6.43. The number of nitrogens with zero attached hydrogens (tertiary/aromatic N) is 1. The Morgan fingerprint density at radius 1 is 1.12 bits per heavy atom. The minimum absolute atomic E-state index is 0. The second kappa shape index (κ2) is 11.8. The molecule has 0 unspecified atom stereocenters. The van der Waals surface area contributed by atoms with Crippen molar-refractivity contribution in [3.63, 3.8) is 0 Å². The van der Waals surface area contributed by atoms with E-state index in [9.17, 15) is 8.42 Å². The first kappa shape index (κ1) is 25.1. The average Bonchev–Trinajstić information content (AvgIpc) is 2.52. The average molecular weight is 496 g/mol. The molecule has 0 aliphatic rings. The number of nitrogens with one attached hydrogen (secondary N) is 3. The van der Waals surface area contributed by atoms with Crippen LogP contribution in [0.4, 0.5) is 0 Å². The van der Waals surface area contributed by atoms with E-state index in [0.29, 0.717) is 23.0 Å². The van der Waals surface area contributed by atoms with Gasteiger partial charge in [-0.25, -0.2) is 13.1 Å². The quantitative estimate of drug-likeness (QED) is 0.223. The molecule has 6 nitrogen and oxygen atoms in total. The zero-order valence-electron chi connectivity index (χ0n) is 16.4. The predicted octanol–water partition coefficient (Wildman–Crippen LogP) is 3.24. The van der Waals surface area contributed by atoms with Crippen molar-refractivity contribution in [3.05, 3.63) is 29.8 Å². The van der Waals surface area contributed by atoms with Crippen LogP contribution in [0.2, 0.25) is 0 Å². The molecule has 8 heteroatoms. The third kappa shape index (κ3) is 9.18. The molecule has 0 spiro atoms. The summed E-state index contributed by atoms with van der Waals surface area (Å²) in [5.74, 6) is 0.673. The molecule has 3 N–H and O–H groups in total. The molecule has 0 fully saturated rings. The van der Waals surface area contributed by atoms with Crippen LogP contribution in [-0.2, 0) is 16.6 Å². The van der Waals surface area contributed by atoms with Gasteiger partial charge in [0.1, 0.15) is 0 Å². The number of unbranched alkanes of at least 4 members (excludes halogenated alkanes) is 2. The van der Waals surface area contributed by atoms with Crippen molar-refractivity contribution in [2.75, 3.05) is 13.6 Å². The van der Waals surface area contributed by atoms with Crippen LogP contribution in [0, 0.1) is 0 Å². The van der Waals surface area contributed by atoms with Crippen molar-refractivity contribution in [3.8, 4) is 0 Å². The molecular weight excluding hydrogens is 463 g/mol. The highest BCUT2D eigenvalue weighted by Crippen LogP contribution is 2.17.